The third-order valence-electron chi connectivity index (χ3n) is 3.56. The zero-order valence-electron chi connectivity index (χ0n) is 9.88. The van der Waals surface area contributed by atoms with Gasteiger partial charge < -0.3 is 5.32 Å². The van der Waals surface area contributed by atoms with Crippen LogP contribution in [-0.2, 0) is 0 Å². The second kappa shape index (κ2) is 5.83. The molecule has 1 atom stereocenters. The molecular weight excluding hydrogens is 262 g/mol. The van der Waals surface area contributed by atoms with Gasteiger partial charge in [0.05, 0.1) is 4.95 Å². The molecule has 1 N–H and O–H groups in total. The molecule has 0 heterocycles. The van der Waals surface area contributed by atoms with Gasteiger partial charge in [0.15, 0.2) is 0 Å². The highest BCUT2D eigenvalue weighted by atomic mass is 79.9. The van der Waals surface area contributed by atoms with E-state index in [9.17, 15) is 0 Å². The van der Waals surface area contributed by atoms with Crippen molar-refractivity contribution in [2.45, 2.75) is 43.0 Å². The number of halogens is 1. The highest BCUT2D eigenvalue weighted by molar-refractivity contribution is 9.09. The Kier molecular flexibility index (Phi) is 4.42. The Hall–Kier alpha value is -0.340. The summed E-state index contributed by atoms with van der Waals surface area (Å²) in [4.78, 5) is 0.271. The summed E-state index contributed by atoms with van der Waals surface area (Å²) in [6.07, 6.45) is 7.00. The molecule has 0 saturated heterocycles. The Morgan fingerprint density at radius 2 is 1.75 bits per heavy atom. The summed E-state index contributed by atoms with van der Waals surface area (Å²) in [6, 6.07) is 9.08. The van der Waals surface area contributed by atoms with Crippen LogP contribution in [0.25, 0.3) is 0 Å². The number of hydrogen-bond acceptors (Lipinski definition) is 1. The van der Waals surface area contributed by atoms with Gasteiger partial charge in [-0.1, -0.05) is 59.5 Å². The summed E-state index contributed by atoms with van der Waals surface area (Å²) < 4.78 is 0. The molecule has 1 saturated carbocycles. The third-order valence-corrected chi connectivity index (χ3v) is 4.55. The van der Waals surface area contributed by atoms with Gasteiger partial charge in [0.2, 0.25) is 0 Å². The third kappa shape index (κ3) is 2.86. The number of benzene rings is 1. The summed E-state index contributed by atoms with van der Waals surface area (Å²) in [7, 11) is 1.97. The van der Waals surface area contributed by atoms with Crippen LogP contribution < -0.4 is 5.32 Å². The smallest absolute Gasteiger partial charge is 0.0884 e. The topological polar surface area (TPSA) is 12.0 Å². The summed E-state index contributed by atoms with van der Waals surface area (Å²) >= 11 is 3.59. The van der Waals surface area contributed by atoms with Crippen molar-refractivity contribution in [3.63, 3.8) is 0 Å². The molecule has 16 heavy (non-hydrogen) atoms. The van der Waals surface area contributed by atoms with E-state index in [4.69, 9.17) is 0 Å². The fraction of sp³-hybridized carbons (Fsp3) is 0.571. The van der Waals surface area contributed by atoms with Crippen molar-refractivity contribution < 1.29 is 0 Å². The lowest BCUT2D eigenvalue weighted by molar-refractivity contribution is 0.443. The van der Waals surface area contributed by atoms with E-state index in [0.717, 1.165) is 5.92 Å². The minimum atomic E-state index is 0.271. The minimum absolute atomic E-state index is 0.271. The van der Waals surface area contributed by atoms with Crippen LogP contribution in [0.5, 0.6) is 0 Å². The molecule has 0 aromatic heterocycles. The lowest BCUT2D eigenvalue weighted by Crippen LogP contribution is -2.10. The summed E-state index contributed by atoms with van der Waals surface area (Å²) in [5.41, 5.74) is 2.83. The first-order valence-corrected chi connectivity index (χ1v) is 7.14. The fourth-order valence-electron chi connectivity index (χ4n) is 2.54. The van der Waals surface area contributed by atoms with E-state index in [1.54, 1.807) is 0 Å². The zero-order chi connectivity index (χ0) is 11.4. The first-order valence-electron chi connectivity index (χ1n) is 6.22. The van der Waals surface area contributed by atoms with E-state index in [-0.39, 0.29) is 4.95 Å². The lowest BCUT2D eigenvalue weighted by Gasteiger charge is -2.22. The molecule has 1 fully saturated rings. The van der Waals surface area contributed by atoms with Gasteiger partial charge in [-0.25, -0.2) is 0 Å². The van der Waals surface area contributed by atoms with Gasteiger partial charge >= 0.3 is 0 Å². The molecule has 88 valence electrons. The number of alkyl halides is 1. The van der Waals surface area contributed by atoms with Gasteiger partial charge in [-0.2, -0.15) is 0 Å². The minimum Gasteiger partial charge on any atom is -0.304 e. The Morgan fingerprint density at radius 1 is 1.12 bits per heavy atom. The Bertz CT molecular complexity index is 314. The Labute approximate surface area is 107 Å². The molecule has 1 nitrogen and oxygen atoms in total. The molecular formula is C14H20BrN. The maximum absolute atomic E-state index is 3.59. The molecule has 0 spiro atoms. The predicted octanol–water partition coefficient (Wildman–Crippen LogP) is 4.35. The molecule has 1 unspecified atom stereocenters. The largest absolute Gasteiger partial charge is 0.304 e. The lowest BCUT2D eigenvalue weighted by atomic mass is 9.84. The van der Waals surface area contributed by atoms with Crippen molar-refractivity contribution >= 4 is 15.9 Å². The molecule has 2 rings (SSSR count). The highest BCUT2D eigenvalue weighted by Crippen LogP contribution is 2.33. The molecule has 0 amide bonds. The molecule has 0 radical (unpaired) electrons. The molecule has 1 aliphatic carbocycles. The highest BCUT2D eigenvalue weighted by Gasteiger charge is 2.15. The van der Waals surface area contributed by atoms with Crippen LogP contribution in [0.15, 0.2) is 24.3 Å². The molecule has 0 bridgehead atoms. The van der Waals surface area contributed by atoms with E-state index >= 15 is 0 Å². The molecule has 1 aromatic rings. The zero-order valence-corrected chi connectivity index (χ0v) is 11.5. The van der Waals surface area contributed by atoms with Gasteiger partial charge in [0.25, 0.3) is 0 Å². The van der Waals surface area contributed by atoms with Gasteiger partial charge in [0.1, 0.15) is 0 Å². The van der Waals surface area contributed by atoms with Crippen LogP contribution in [0.3, 0.4) is 0 Å². The fourth-order valence-corrected chi connectivity index (χ4v) is 2.84. The standard InChI is InChI=1S/C14H20BrN/c1-16-14(15)13-9-7-12(8-10-13)11-5-3-2-4-6-11/h7-11,14,16H,2-6H2,1H3. The molecule has 1 aliphatic rings. The van der Waals surface area contributed by atoms with E-state index in [0.29, 0.717) is 0 Å². The van der Waals surface area contributed by atoms with E-state index in [1.807, 2.05) is 7.05 Å². The van der Waals surface area contributed by atoms with E-state index < -0.39 is 0 Å². The molecule has 0 aliphatic heterocycles. The molecule has 1 aromatic carbocycles. The average molecular weight is 282 g/mol. The Balaban J connectivity index is 2.06. The van der Waals surface area contributed by atoms with Crippen molar-refractivity contribution in [1.29, 1.82) is 0 Å². The summed E-state index contributed by atoms with van der Waals surface area (Å²) in [5.74, 6) is 0.811. The first-order chi connectivity index (χ1) is 7.81. The van der Waals surface area contributed by atoms with Gasteiger partial charge in [-0.05, 0) is 36.9 Å². The number of hydrogen-bond donors (Lipinski definition) is 1. The van der Waals surface area contributed by atoms with Crippen molar-refractivity contribution in [2.24, 2.45) is 0 Å². The normalized spacial score (nSPS) is 19.6. The van der Waals surface area contributed by atoms with E-state index in [2.05, 4.69) is 45.5 Å². The van der Waals surface area contributed by atoms with Gasteiger partial charge in [0, 0.05) is 0 Å². The van der Waals surface area contributed by atoms with E-state index in [1.165, 1.54) is 43.2 Å². The van der Waals surface area contributed by atoms with Crippen LogP contribution in [-0.4, -0.2) is 7.05 Å². The second-order valence-electron chi connectivity index (χ2n) is 4.65. The van der Waals surface area contributed by atoms with Crippen molar-refractivity contribution in [3.8, 4) is 0 Å². The van der Waals surface area contributed by atoms with Crippen molar-refractivity contribution in [3.05, 3.63) is 35.4 Å². The average Bonchev–Trinajstić information content (AvgIpc) is 2.39. The van der Waals surface area contributed by atoms with Gasteiger partial charge in [-0.15, -0.1) is 0 Å². The van der Waals surface area contributed by atoms with Crippen LogP contribution in [0.1, 0.15) is 54.1 Å². The van der Waals surface area contributed by atoms with Crippen LogP contribution in [0.2, 0.25) is 0 Å². The van der Waals surface area contributed by atoms with Crippen molar-refractivity contribution in [1.82, 2.24) is 5.32 Å². The molecule has 2 heteroatoms. The maximum atomic E-state index is 3.59. The SMILES string of the molecule is CNC(Br)c1ccc(C2CCCCC2)cc1. The number of rotatable bonds is 3. The quantitative estimate of drug-likeness (QED) is 0.642. The van der Waals surface area contributed by atoms with Crippen LogP contribution >= 0.6 is 15.9 Å². The monoisotopic (exact) mass is 281 g/mol. The first kappa shape index (κ1) is 12.1. The Morgan fingerprint density at radius 3 is 2.31 bits per heavy atom. The van der Waals surface area contributed by atoms with Crippen LogP contribution in [0, 0.1) is 0 Å². The number of nitrogens with one attached hydrogen (secondary N) is 1. The van der Waals surface area contributed by atoms with Gasteiger partial charge in [-0.3, -0.25) is 0 Å². The summed E-state index contributed by atoms with van der Waals surface area (Å²) in [6.45, 7) is 0. The maximum Gasteiger partial charge on any atom is 0.0884 e. The second-order valence-corrected chi connectivity index (χ2v) is 5.57. The van der Waals surface area contributed by atoms with Crippen molar-refractivity contribution in [2.75, 3.05) is 7.05 Å². The summed E-state index contributed by atoms with van der Waals surface area (Å²) in [5, 5.41) is 3.20. The predicted molar refractivity (Wildman–Crippen MR) is 73.0 cm³/mol. The van der Waals surface area contributed by atoms with Crippen LogP contribution in [0.4, 0.5) is 0 Å².